The van der Waals surface area contributed by atoms with Gasteiger partial charge in [0.15, 0.2) is 17.4 Å². The Hall–Kier alpha value is -2.23. The molecule has 2 aromatic rings. The SMILES string of the molecule is CCOc1cccc(C(=O)c2ccc(F)c(F)c2)c1. The van der Waals surface area contributed by atoms with Gasteiger partial charge in [-0.05, 0) is 37.3 Å². The van der Waals surface area contributed by atoms with Crippen molar-refractivity contribution >= 4 is 5.78 Å². The molecule has 0 amide bonds. The van der Waals surface area contributed by atoms with Crippen LogP contribution in [0.25, 0.3) is 0 Å². The van der Waals surface area contributed by atoms with Crippen LogP contribution in [0.5, 0.6) is 5.75 Å². The summed E-state index contributed by atoms with van der Waals surface area (Å²) in [7, 11) is 0. The van der Waals surface area contributed by atoms with Gasteiger partial charge in [0.25, 0.3) is 0 Å². The monoisotopic (exact) mass is 262 g/mol. The maximum absolute atomic E-state index is 13.1. The molecule has 2 aromatic carbocycles. The van der Waals surface area contributed by atoms with Crippen LogP contribution in [0.2, 0.25) is 0 Å². The van der Waals surface area contributed by atoms with Gasteiger partial charge < -0.3 is 4.74 Å². The Morgan fingerprint density at radius 1 is 1.05 bits per heavy atom. The summed E-state index contributed by atoms with van der Waals surface area (Å²) in [6.45, 7) is 2.33. The third-order valence-corrected chi connectivity index (χ3v) is 2.59. The first-order chi connectivity index (χ1) is 9.11. The lowest BCUT2D eigenvalue weighted by Gasteiger charge is -2.06. The Balaban J connectivity index is 2.32. The Morgan fingerprint density at radius 2 is 1.79 bits per heavy atom. The second kappa shape index (κ2) is 5.61. The minimum atomic E-state index is -1.04. The van der Waals surface area contributed by atoms with Gasteiger partial charge in [0.1, 0.15) is 5.75 Å². The van der Waals surface area contributed by atoms with Gasteiger partial charge in [0.05, 0.1) is 6.61 Å². The minimum Gasteiger partial charge on any atom is -0.494 e. The van der Waals surface area contributed by atoms with Crippen LogP contribution in [0.1, 0.15) is 22.8 Å². The highest BCUT2D eigenvalue weighted by Crippen LogP contribution is 2.18. The van der Waals surface area contributed by atoms with E-state index in [0.717, 1.165) is 12.1 Å². The van der Waals surface area contributed by atoms with Crippen LogP contribution in [0.4, 0.5) is 8.78 Å². The fourth-order valence-corrected chi connectivity index (χ4v) is 1.70. The number of halogens is 2. The zero-order valence-corrected chi connectivity index (χ0v) is 10.3. The molecule has 0 bridgehead atoms. The van der Waals surface area contributed by atoms with Crippen LogP contribution < -0.4 is 4.74 Å². The molecule has 4 heteroatoms. The molecule has 0 N–H and O–H groups in total. The smallest absolute Gasteiger partial charge is 0.193 e. The van der Waals surface area contributed by atoms with Crippen LogP contribution in [0.15, 0.2) is 42.5 Å². The van der Waals surface area contributed by atoms with Crippen LogP contribution in [0.3, 0.4) is 0 Å². The molecule has 0 saturated heterocycles. The van der Waals surface area contributed by atoms with Gasteiger partial charge >= 0.3 is 0 Å². The van der Waals surface area contributed by atoms with Crippen LogP contribution in [0, 0.1) is 11.6 Å². The third kappa shape index (κ3) is 2.96. The Kier molecular flexibility index (Phi) is 3.90. The molecule has 98 valence electrons. The largest absolute Gasteiger partial charge is 0.494 e. The van der Waals surface area contributed by atoms with Crippen molar-refractivity contribution in [3.63, 3.8) is 0 Å². The average molecular weight is 262 g/mol. The van der Waals surface area contributed by atoms with Crippen molar-refractivity contribution in [1.82, 2.24) is 0 Å². The highest BCUT2D eigenvalue weighted by molar-refractivity contribution is 6.09. The molecule has 19 heavy (non-hydrogen) atoms. The second-order valence-corrected chi connectivity index (χ2v) is 3.92. The minimum absolute atomic E-state index is 0.104. The molecule has 2 nitrogen and oxygen atoms in total. The second-order valence-electron chi connectivity index (χ2n) is 3.92. The quantitative estimate of drug-likeness (QED) is 0.787. The van der Waals surface area contributed by atoms with E-state index in [2.05, 4.69) is 0 Å². The first-order valence-corrected chi connectivity index (χ1v) is 5.84. The summed E-state index contributed by atoms with van der Waals surface area (Å²) in [6.07, 6.45) is 0. The molecule has 0 unspecified atom stereocenters. The summed E-state index contributed by atoms with van der Waals surface area (Å²) >= 11 is 0. The molecule has 0 radical (unpaired) electrons. The lowest BCUT2D eigenvalue weighted by Crippen LogP contribution is -2.03. The number of carbonyl (C=O) groups is 1. The van der Waals surface area contributed by atoms with Crippen LogP contribution >= 0.6 is 0 Å². The third-order valence-electron chi connectivity index (χ3n) is 2.59. The predicted octanol–water partition coefficient (Wildman–Crippen LogP) is 3.59. The molecular formula is C15H12F2O2. The summed E-state index contributed by atoms with van der Waals surface area (Å²) in [4.78, 5) is 12.1. The van der Waals surface area contributed by atoms with E-state index in [1.54, 1.807) is 24.3 Å². The van der Waals surface area contributed by atoms with Crippen molar-refractivity contribution in [2.45, 2.75) is 6.92 Å². The number of ketones is 1. The maximum atomic E-state index is 13.1. The average Bonchev–Trinajstić information content (AvgIpc) is 2.42. The lowest BCUT2D eigenvalue weighted by atomic mass is 10.0. The van der Waals surface area contributed by atoms with E-state index in [1.165, 1.54) is 6.07 Å². The summed E-state index contributed by atoms with van der Waals surface area (Å²) in [5.41, 5.74) is 0.476. The molecule has 0 aliphatic heterocycles. The summed E-state index contributed by atoms with van der Waals surface area (Å²) in [5.74, 6) is -1.82. The predicted molar refractivity (Wildman–Crippen MR) is 67.4 cm³/mol. The van der Waals surface area contributed by atoms with E-state index in [9.17, 15) is 13.6 Å². The summed E-state index contributed by atoms with van der Waals surface area (Å²) in [5, 5.41) is 0. The zero-order valence-electron chi connectivity index (χ0n) is 10.3. The van der Waals surface area contributed by atoms with Crippen molar-refractivity contribution in [2.24, 2.45) is 0 Å². The van der Waals surface area contributed by atoms with Crippen molar-refractivity contribution < 1.29 is 18.3 Å². The van der Waals surface area contributed by atoms with Gasteiger partial charge in [0, 0.05) is 11.1 Å². The van der Waals surface area contributed by atoms with Crippen molar-refractivity contribution in [1.29, 1.82) is 0 Å². The lowest BCUT2D eigenvalue weighted by molar-refractivity contribution is 0.103. The standard InChI is InChI=1S/C15H12F2O2/c1-2-19-12-5-3-4-10(8-12)15(18)11-6-7-13(16)14(17)9-11/h3-9H,2H2,1H3. The van der Waals surface area contributed by atoms with Crippen LogP contribution in [-0.2, 0) is 0 Å². The molecule has 0 aliphatic carbocycles. The Morgan fingerprint density at radius 3 is 2.47 bits per heavy atom. The summed E-state index contributed by atoms with van der Waals surface area (Å²) in [6, 6.07) is 9.68. The number of hydrogen-bond acceptors (Lipinski definition) is 2. The first kappa shape index (κ1) is 13.2. The highest BCUT2D eigenvalue weighted by atomic mass is 19.2. The van der Waals surface area contributed by atoms with E-state index in [4.69, 9.17) is 4.74 Å². The van der Waals surface area contributed by atoms with E-state index in [0.29, 0.717) is 17.9 Å². The molecular weight excluding hydrogens is 250 g/mol. The molecule has 0 heterocycles. The molecule has 0 saturated carbocycles. The molecule has 0 aliphatic rings. The maximum Gasteiger partial charge on any atom is 0.193 e. The van der Waals surface area contributed by atoms with Crippen molar-refractivity contribution in [2.75, 3.05) is 6.61 Å². The first-order valence-electron chi connectivity index (χ1n) is 5.84. The van der Waals surface area contributed by atoms with Crippen LogP contribution in [-0.4, -0.2) is 12.4 Å². The zero-order chi connectivity index (χ0) is 13.8. The molecule has 0 spiro atoms. The van der Waals surface area contributed by atoms with Gasteiger partial charge in [-0.3, -0.25) is 4.79 Å². The Bertz CT molecular complexity index is 609. The van der Waals surface area contributed by atoms with Crippen molar-refractivity contribution in [3.8, 4) is 5.75 Å². The van der Waals surface area contributed by atoms with E-state index < -0.39 is 11.6 Å². The topological polar surface area (TPSA) is 26.3 Å². The normalized spacial score (nSPS) is 10.3. The summed E-state index contributed by atoms with van der Waals surface area (Å²) < 4.78 is 31.2. The van der Waals surface area contributed by atoms with Gasteiger partial charge in [-0.25, -0.2) is 8.78 Å². The molecule has 0 atom stereocenters. The van der Waals surface area contributed by atoms with Gasteiger partial charge in [0.2, 0.25) is 0 Å². The molecule has 0 fully saturated rings. The molecule has 2 rings (SSSR count). The fraction of sp³-hybridized carbons (Fsp3) is 0.133. The number of rotatable bonds is 4. The fourth-order valence-electron chi connectivity index (χ4n) is 1.70. The highest BCUT2D eigenvalue weighted by Gasteiger charge is 2.12. The number of hydrogen-bond donors (Lipinski definition) is 0. The van der Waals surface area contributed by atoms with Gasteiger partial charge in [-0.15, -0.1) is 0 Å². The molecule has 0 aromatic heterocycles. The van der Waals surface area contributed by atoms with E-state index in [1.807, 2.05) is 6.92 Å². The Labute approximate surface area is 109 Å². The number of carbonyl (C=O) groups excluding carboxylic acids is 1. The number of ether oxygens (including phenoxy) is 1. The van der Waals surface area contributed by atoms with Crippen molar-refractivity contribution in [3.05, 3.63) is 65.2 Å². The van der Waals surface area contributed by atoms with E-state index in [-0.39, 0.29) is 11.3 Å². The van der Waals surface area contributed by atoms with Gasteiger partial charge in [-0.2, -0.15) is 0 Å². The van der Waals surface area contributed by atoms with Gasteiger partial charge in [-0.1, -0.05) is 12.1 Å². The number of benzene rings is 2. The van der Waals surface area contributed by atoms with E-state index >= 15 is 0 Å².